The van der Waals surface area contributed by atoms with E-state index in [0.717, 1.165) is 50.3 Å². The molecule has 8 nitrogen and oxygen atoms in total. The fraction of sp³-hybridized carbons (Fsp3) is 0.154. The highest BCUT2D eigenvalue weighted by Crippen LogP contribution is 2.42. The summed E-state index contributed by atoms with van der Waals surface area (Å²) in [6.45, 7) is 0.647. The van der Waals surface area contributed by atoms with Gasteiger partial charge in [-0.15, -0.1) is 0 Å². The molecule has 5 heterocycles. The fourth-order valence-electron chi connectivity index (χ4n) is 4.52. The van der Waals surface area contributed by atoms with Crippen LogP contribution in [0.25, 0.3) is 33.3 Å². The number of halogens is 1. The Morgan fingerprint density at radius 3 is 2.69 bits per heavy atom. The first-order chi connectivity index (χ1) is 17.0. The van der Waals surface area contributed by atoms with Crippen LogP contribution in [-0.4, -0.2) is 44.1 Å². The van der Waals surface area contributed by atoms with Crippen LogP contribution in [0.1, 0.15) is 17.4 Å². The van der Waals surface area contributed by atoms with Crippen molar-refractivity contribution in [3.05, 3.63) is 84.5 Å². The lowest BCUT2D eigenvalue weighted by Crippen LogP contribution is -2.13. The molecular formula is C26H23FN8. The number of hydrogen-bond donors (Lipinski definition) is 3. The molecule has 0 radical (unpaired) electrons. The number of nitrogens with one attached hydrogen (secondary N) is 3. The summed E-state index contributed by atoms with van der Waals surface area (Å²) in [4.78, 5) is 15.2. The minimum atomic E-state index is -0.279. The third-order valence-corrected chi connectivity index (χ3v) is 6.02. The molecule has 174 valence electrons. The maximum Gasteiger partial charge on any atom is 0.181 e. The first-order valence-corrected chi connectivity index (χ1v) is 11.3. The molecule has 35 heavy (non-hydrogen) atoms. The molecule has 0 aliphatic carbocycles. The van der Waals surface area contributed by atoms with Crippen LogP contribution >= 0.6 is 0 Å². The van der Waals surface area contributed by atoms with Gasteiger partial charge in [-0.25, -0.2) is 9.37 Å². The lowest BCUT2D eigenvalue weighted by atomic mass is 10.0. The van der Waals surface area contributed by atoms with Crippen molar-refractivity contribution in [2.75, 3.05) is 24.7 Å². The first-order valence-electron chi connectivity index (χ1n) is 11.3. The Labute approximate surface area is 201 Å². The third-order valence-electron chi connectivity index (χ3n) is 6.02. The SMILES string of the molecule is CN(C)Cc1cc(F)cc(-c2cncc3c2NC(c2[nH]nc4ncc(-c5cccnc5)cc24)N3)c1. The number of rotatable bonds is 5. The van der Waals surface area contributed by atoms with Gasteiger partial charge >= 0.3 is 0 Å². The zero-order chi connectivity index (χ0) is 23.9. The smallest absolute Gasteiger partial charge is 0.181 e. The average Bonchev–Trinajstić information content (AvgIpc) is 3.47. The number of aromatic nitrogens is 5. The maximum atomic E-state index is 14.5. The van der Waals surface area contributed by atoms with E-state index in [9.17, 15) is 4.39 Å². The summed E-state index contributed by atoms with van der Waals surface area (Å²) in [6.07, 6.45) is 8.60. The van der Waals surface area contributed by atoms with Gasteiger partial charge in [0.25, 0.3) is 0 Å². The zero-order valence-corrected chi connectivity index (χ0v) is 19.2. The fourth-order valence-corrected chi connectivity index (χ4v) is 4.52. The maximum absolute atomic E-state index is 14.5. The van der Waals surface area contributed by atoms with Gasteiger partial charge in [0, 0.05) is 53.4 Å². The van der Waals surface area contributed by atoms with Crippen LogP contribution in [0.4, 0.5) is 15.8 Å². The molecule has 3 N–H and O–H groups in total. The summed E-state index contributed by atoms with van der Waals surface area (Å²) in [5.41, 5.74) is 7.63. The van der Waals surface area contributed by atoms with E-state index in [1.807, 2.05) is 43.4 Å². The molecule has 0 bridgehead atoms. The molecule has 0 amide bonds. The van der Waals surface area contributed by atoms with Crippen LogP contribution in [0.3, 0.4) is 0 Å². The second-order valence-electron chi connectivity index (χ2n) is 8.89. The van der Waals surface area contributed by atoms with Crippen molar-refractivity contribution in [1.29, 1.82) is 0 Å². The molecule has 0 fully saturated rings. The second kappa shape index (κ2) is 8.44. The monoisotopic (exact) mass is 466 g/mol. The van der Waals surface area contributed by atoms with Crippen LogP contribution in [0.15, 0.2) is 67.4 Å². The Morgan fingerprint density at radius 2 is 1.86 bits per heavy atom. The van der Waals surface area contributed by atoms with Gasteiger partial charge in [0.1, 0.15) is 12.0 Å². The Morgan fingerprint density at radius 1 is 0.943 bits per heavy atom. The molecule has 0 saturated heterocycles. The molecule has 6 rings (SSSR count). The lowest BCUT2D eigenvalue weighted by molar-refractivity contribution is 0.401. The van der Waals surface area contributed by atoms with E-state index in [1.165, 1.54) is 0 Å². The summed E-state index contributed by atoms with van der Waals surface area (Å²) in [5, 5.41) is 15.4. The largest absolute Gasteiger partial charge is 0.358 e. The molecule has 1 aromatic carbocycles. The van der Waals surface area contributed by atoms with Crippen molar-refractivity contribution < 1.29 is 4.39 Å². The number of benzene rings is 1. The van der Waals surface area contributed by atoms with E-state index in [2.05, 4.69) is 41.8 Å². The topological polar surface area (TPSA) is 94.7 Å². The van der Waals surface area contributed by atoms with E-state index in [1.54, 1.807) is 36.9 Å². The van der Waals surface area contributed by atoms with E-state index in [0.29, 0.717) is 12.2 Å². The summed E-state index contributed by atoms with van der Waals surface area (Å²) in [7, 11) is 3.93. The van der Waals surface area contributed by atoms with Crippen LogP contribution in [0, 0.1) is 5.82 Å². The summed E-state index contributed by atoms with van der Waals surface area (Å²) < 4.78 is 14.5. The minimum absolute atomic E-state index is 0.270. The molecule has 1 atom stereocenters. The lowest BCUT2D eigenvalue weighted by Gasteiger charge is -2.14. The number of pyridine rings is 3. The number of aromatic amines is 1. The van der Waals surface area contributed by atoms with Gasteiger partial charge in [-0.1, -0.05) is 6.07 Å². The molecule has 5 aromatic rings. The van der Waals surface area contributed by atoms with Crippen molar-refractivity contribution >= 4 is 22.4 Å². The highest BCUT2D eigenvalue weighted by atomic mass is 19.1. The second-order valence-corrected chi connectivity index (χ2v) is 8.89. The Kier molecular flexibility index (Phi) is 5.11. The van der Waals surface area contributed by atoms with Gasteiger partial charge in [0.2, 0.25) is 0 Å². The van der Waals surface area contributed by atoms with Gasteiger partial charge in [-0.2, -0.15) is 5.10 Å². The molecule has 4 aromatic heterocycles. The minimum Gasteiger partial charge on any atom is -0.358 e. The van der Waals surface area contributed by atoms with E-state index >= 15 is 0 Å². The van der Waals surface area contributed by atoms with Crippen molar-refractivity contribution in [1.82, 2.24) is 30.0 Å². The molecule has 9 heteroatoms. The molecule has 1 aliphatic heterocycles. The average molecular weight is 467 g/mol. The summed E-state index contributed by atoms with van der Waals surface area (Å²) in [5.74, 6) is -0.270. The quantitative estimate of drug-likeness (QED) is 0.342. The van der Waals surface area contributed by atoms with Crippen molar-refractivity contribution in [2.24, 2.45) is 0 Å². The normalized spacial score (nSPS) is 14.7. The van der Waals surface area contributed by atoms with E-state index < -0.39 is 0 Å². The molecule has 1 unspecified atom stereocenters. The molecule has 1 aliphatic rings. The predicted octanol–water partition coefficient (Wildman–Crippen LogP) is 4.82. The third kappa shape index (κ3) is 3.95. The zero-order valence-electron chi connectivity index (χ0n) is 19.2. The van der Waals surface area contributed by atoms with Crippen LogP contribution in [-0.2, 0) is 6.54 Å². The van der Waals surface area contributed by atoms with Crippen molar-refractivity contribution in [3.63, 3.8) is 0 Å². The van der Waals surface area contributed by atoms with Gasteiger partial charge in [0.15, 0.2) is 5.65 Å². The molecule has 0 spiro atoms. The standard InChI is InChI=1S/C26H23FN8/c1-35(2)14-15-6-17(8-19(27)7-15)21-12-29-13-22-23(21)32-26(31-22)24-20-9-18(11-30-25(20)34-33-24)16-4-3-5-28-10-16/h3-13,26,31-32H,14H2,1-2H3,(H,30,33,34). The summed E-state index contributed by atoms with van der Waals surface area (Å²) in [6, 6.07) is 11.1. The van der Waals surface area contributed by atoms with Crippen LogP contribution in [0.5, 0.6) is 0 Å². The number of anilines is 2. The van der Waals surface area contributed by atoms with Gasteiger partial charge in [-0.05, 0) is 55.6 Å². The number of hydrogen-bond acceptors (Lipinski definition) is 7. The van der Waals surface area contributed by atoms with Gasteiger partial charge < -0.3 is 15.5 Å². The molecule has 0 saturated carbocycles. The van der Waals surface area contributed by atoms with Crippen LogP contribution < -0.4 is 10.6 Å². The van der Waals surface area contributed by atoms with Gasteiger partial charge in [0.05, 0.1) is 23.3 Å². The Bertz CT molecular complexity index is 1530. The molecular weight excluding hydrogens is 443 g/mol. The van der Waals surface area contributed by atoms with Gasteiger partial charge in [-0.3, -0.25) is 15.1 Å². The van der Waals surface area contributed by atoms with Crippen molar-refractivity contribution in [2.45, 2.75) is 12.7 Å². The number of fused-ring (bicyclic) bond motifs is 2. The summed E-state index contributed by atoms with van der Waals surface area (Å²) >= 11 is 0. The first kappa shape index (κ1) is 21.2. The van der Waals surface area contributed by atoms with Crippen LogP contribution in [0.2, 0.25) is 0 Å². The van der Waals surface area contributed by atoms with E-state index in [-0.39, 0.29) is 12.0 Å². The van der Waals surface area contributed by atoms with Crippen molar-refractivity contribution in [3.8, 4) is 22.3 Å². The Hall–Kier alpha value is -4.37. The number of nitrogens with zero attached hydrogens (tertiary/aromatic N) is 5. The number of H-pyrrole nitrogens is 1. The highest BCUT2D eigenvalue weighted by molar-refractivity contribution is 5.91. The Balaban J connectivity index is 1.37. The highest BCUT2D eigenvalue weighted by Gasteiger charge is 2.27. The van der Waals surface area contributed by atoms with E-state index in [4.69, 9.17) is 0 Å². The predicted molar refractivity (Wildman–Crippen MR) is 134 cm³/mol.